The number of rotatable bonds is 5. The second-order valence-corrected chi connectivity index (χ2v) is 5.82. The number of nitrogens with one attached hydrogen (secondary N) is 2. The first kappa shape index (κ1) is 15.4. The quantitative estimate of drug-likeness (QED) is 0.873. The molecule has 2 amide bonds. The molecule has 1 aromatic carbocycles. The van der Waals surface area contributed by atoms with Crippen LogP contribution in [0.1, 0.15) is 32.3 Å². The largest absolute Gasteiger partial charge is 0.445 e. The van der Waals surface area contributed by atoms with E-state index in [9.17, 15) is 9.59 Å². The molecular weight excluding hydrogens is 268 g/mol. The summed E-state index contributed by atoms with van der Waals surface area (Å²) in [6.45, 7) is 4.42. The van der Waals surface area contributed by atoms with Gasteiger partial charge in [0.25, 0.3) is 0 Å². The molecule has 5 nitrogen and oxygen atoms in total. The zero-order valence-corrected chi connectivity index (χ0v) is 12.5. The predicted octanol–water partition coefficient (Wildman–Crippen LogP) is 2.22. The minimum absolute atomic E-state index is 0.0122. The molecule has 1 aliphatic heterocycles. The van der Waals surface area contributed by atoms with Gasteiger partial charge in [-0.25, -0.2) is 4.79 Å². The van der Waals surface area contributed by atoms with Gasteiger partial charge in [0.1, 0.15) is 6.61 Å². The third-order valence-corrected chi connectivity index (χ3v) is 3.48. The highest BCUT2D eigenvalue weighted by atomic mass is 16.5. The predicted molar refractivity (Wildman–Crippen MR) is 79.6 cm³/mol. The Morgan fingerprint density at radius 1 is 1.38 bits per heavy atom. The van der Waals surface area contributed by atoms with E-state index in [2.05, 4.69) is 24.5 Å². The van der Waals surface area contributed by atoms with Gasteiger partial charge in [0, 0.05) is 12.5 Å². The van der Waals surface area contributed by atoms with E-state index in [0.717, 1.165) is 12.0 Å². The molecule has 0 aromatic heterocycles. The van der Waals surface area contributed by atoms with Gasteiger partial charge in [-0.3, -0.25) is 4.79 Å². The summed E-state index contributed by atoms with van der Waals surface area (Å²) >= 11 is 0. The van der Waals surface area contributed by atoms with Gasteiger partial charge in [0.05, 0.1) is 6.04 Å². The van der Waals surface area contributed by atoms with Gasteiger partial charge in [0.2, 0.25) is 5.91 Å². The molecule has 2 rings (SSSR count). The average Bonchev–Trinajstić information content (AvgIpc) is 2.76. The van der Waals surface area contributed by atoms with E-state index in [0.29, 0.717) is 12.3 Å². The summed E-state index contributed by atoms with van der Waals surface area (Å²) in [6.07, 6.45) is 0.682. The van der Waals surface area contributed by atoms with Crippen molar-refractivity contribution in [1.82, 2.24) is 10.6 Å². The molecule has 0 aliphatic carbocycles. The van der Waals surface area contributed by atoms with E-state index in [1.807, 2.05) is 30.3 Å². The third kappa shape index (κ3) is 4.77. The first-order valence-electron chi connectivity index (χ1n) is 7.31. The smallest absolute Gasteiger partial charge is 0.407 e. The maximum atomic E-state index is 11.8. The van der Waals surface area contributed by atoms with Crippen LogP contribution in [0.4, 0.5) is 4.79 Å². The molecule has 0 saturated carbocycles. The van der Waals surface area contributed by atoms with E-state index in [4.69, 9.17) is 4.74 Å². The fraction of sp³-hybridized carbons (Fsp3) is 0.500. The maximum absolute atomic E-state index is 11.8. The van der Waals surface area contributed by atoms with Crippen LogP contribution in [-0.2, 0) is 16.1 Å². The van der Waals surface area contributed by atoms with Crippen LogP contribution in [0.2, 0.25) is 0 Å². The summed E-state index contributed by atoms with van der Waals surface area (Å²) in [6, 6.07) is 9.30. The van der Waals surface area contributed by atoms with E-state index in [1.165, 1.54) is 0 Å². The van der Waals surface area contributed by atoms with Gasteiger partial charge in [-0.2, -0.15) is 0 Å². The summed E-state index contributed by atoms with van der Waals surface area (Å²) < 4.78 is 5.19. The highest BCUT2D eigenvalue weighted by Crippen LogP contribution is 2.16. The van der Waals surface area contributed by atoms with Crippen LogP contribution in [0.5, 0.6) is 0 Å². The molecule has 0 bridgehead atoms. The Kier molecular flexibility index (Phi) is 5.20. The monoisotopic (exact) mass is 290 g/mol. The summed E-state index contributed by atoms with van der Waals surface area (Å²) in [4.78, 5) is 23.3. The van der Waals surface area contributed by atoms with Crippen LogP contribution in [-0.4, -0.2) is 24.1 Å². The lowest BCUT2D eigenvalue weighted by atomic mass is 9.99. The second kappa shape index (κ2) is 7.11. The number of hydrogen-bond acceptors (Lipinski definition) is 3. The molecule has 1 fully saturated rings. The zero-order valence-electron chi connectivity index (χ0n) is 12.5. The lowest BCUT2D eigenvalue weighted by Crippen LogP contribution is -2.44. The molecule has 5 heteroatoms. The number of alkyl carbamates (subject to hydrolysis) is 1. The minimum atomic E-state index is -0.478. The summed E-state index contributed by atoms with van der Waals surface area (Å²) in [5.41, 5.74) is 0.937. The van der Waals surface area contributed by atoms with Crippen LogP contribution < -0.4 is 10.6 Å². The van der Waals surface area contributed by atoms with Crippen molar-refractivity contribution < 1.29 is 14.3 Å². The van der Waals surface area contributed by atoms with Gasteiger partial charge < -0.3 is 15.4 Å². The summed E-state index contributed by atoms with van der Waals surface area (Å²) in [5.74, 6) is 0.437. The van der Waals surface area contributed by atoms with Crippen LogP contribution in [0.15, 0.2) is 30.3 Å². The number of ether oxygens (including phenoxy) is 1. The van der Waals surface area contributed by atoms with Gasteiger partial charge >= 0.3 is 6.09 Å². The first-order valence-corrected chi connectivity index (χ1v) is 7.31. The lowest BCUT2D eigenvalue weighted by Gasteiger charge is -2.21. The maximum Gasteiger partial charge on any atom is 0.407 e. The van der Waals surface area contributed by atoms with Crippen LogP contribution in [0.25, 0.3) is 0 Å². The van der Waals surface area contributed by atoms with E-state index in [1.54, 1.807) is 0 Å². The van der Waals surface area contributed by atoms with Crippen molar-refractivity contribution in [1.29, 1.82) is 0 Å². The Morgan fingerprint density at radius 3 is 2.76 bits per heavy atom. The molecule has 0 spiro atoms. The number of amides is 2. The van der Waals surface area contributed by atoms with Crippen LogP contribution >= 0.6 is 0 Å². The van der Waals surface area contributed by atoms with Gasteiger partial charge in [-0.05, 0) is 17.9 Å². The standard InChI is InChI=1S/C16H22N2O3/c1-11(2)8-13-14(9-15(19)17-13)18-16(20)21-10-12-6-4-3-5-7-12/h3-7,11,13-14H,8-10H2,1-2H3,(H,17,19)(H,18,20)/t13-,14-/m0/s1. The Bertz CT molecular complexity index is 488. The number of carbonyl (C=O) groups excluding carboxylic acids is 2. The Morgan fingerprint density at radius 2 is 2.10 bits per heavy atom. The molecular formula is C16H22N2O3. The van der Waals surface area contributed by atoms with Crippen LogP contribution in [0, 0.1) is 5.92 Å². The molecule has 1 aliphatic rings. The topological polar surface area (TPSA) is 67.4 Å². The summed E-state index contributed by atoms with van der Waals surface area (Å²) in [7, 11) is 0. The molecule has 1 heterocycles. The van der Waals surface area contributed by atoms with Crippen molar-refractivity contribution in [2.24, 2.45) is 5.92 Å². The number of benzene rings is 1. The van der Waals surface area contributed by atoms with Crippen molar-refractivity contribution in [3.63, 3.8) is 0 Å². The first-order chi connectivity index (χ1) is 10.0. The molecule has 0 radical (unpaired) electrons. The van der Waals surface area contributed by atoms with Gasteiger partial charge in [-0.1, -0.05) is 44.2 Å². The van der Waals surface area contributed by atoms with Gasteiger partial charge in [-0.15, -0.1) is 0 Å². The molecule has 21 heavy (non-hydrogen) atoms. The summed E-state index contributed by atoms with van der Waals surface area (Å²) in [5, 5.41) is 5.70. The highest BCUT2D eigenvalue weighted by Gasteiger charge is 2.33. The number of hydrogen-bond donors (Lipinski definition) is 2. The highest BCUT2D eigenvalue weighted by molar-refractivity contribution is 5.81. The molecule has 1 saturated heterocycles. The average molecular weight is 290 g/mol. The fourth-order valence-corrected chi connectivity index (χ4v) is 2.51. The lowest BCUT2D eigenvalue weighted by molar-refractivity contribution is -0.119. The third-order valence-electron chi connectivity index (χ3n) is 3.48. The molecule has 2 atom stereocenters. The van der Waals surface area contributed by atoms with E-state index in [-0.39, 0.29) is 24.6 Å². The molecule has 0 unspecified atom stereocenters. The Labute approximate surface area is 125 Å². The Hall–Kier alpha value is -2.04. The van der Waals surface area contributed by atoms with E-state index >= 15 is 0 Å². The van der Waals surface area contributed by atoms with Crippen molar-refractivity contribution in [3.8, 4) is 0 Å². The molecule has 1 aromatic rings. The zero-order chi connectivity index (χ0) is 15.2. The van der Waals surface area contributed by atoms with Crippen LogP contribution in [0.3, 0.4) is 0 Å². The normalized spacial score (nSPS) is 21.2. The number of carbonyl (C=O) groups is 2. The van der Waals surface area contributed by atoms with Crippen molar-refractivity contribution >= 4 is 12.0 Å². The fourth-order valence-electron chi connectivity index (χ4n) is 2.51. The Balaban J connectivity index is 1.82. The molecule has 2 N–H and O–H groups in total. The van der Waals surface area contributed by atoms with E-state index < -0.39 is 6.09 Å². The van der Waals surface area contributed by atoms with Crippen molar-refractivity contribution in [2.75, 3.05) is 0 Å². The van der Waals surface area contributed by atoms with Gasteiger partial charge in [0.15, 0.2) is 0 Å². The minimum Gasteiger partial charge on any atom is -0.445 e. The van der Waals surface area contributed by atoms with Crippen molar-refractivity contribution in [2.45, 2.75) is 45.4 Å². The SMILES string of the molecule is CC(C)C[C@@H]1NC(=O)C[C@@H]1NC(=O)OCc1ccccc1. The molecule has 114 valence electrons. The second-order valence-electron chi connectivity index (χ2n) is 5.82. The van der Waals surface area contributed by atoms with Crippen molar-refractivity contribution in [3.05, 3.63) is 35.9 Å².